The van der Waals surface area contributed by atoms with Crippen molar-refractivity contribution in [3.05, 3.63) is 0 Å². The fraction of sp³-hybridized carbons (Fsp3) is 0.786. The Kier molecular flexibility index (Phi) is 11.0. The van der Waals surface area contributed by atoms with E-state index < -0.39 is 35.7 Å². The third kappa shape index (κ3) is 8.72. The Labute approximate surface area is 130 Å². The van der Waals surface area contributed by atoms with Crippen LogP contribution in [0, 0.1) is 5.92 Å². The lowest BCUT2D eigenvalue weighted by atomic mass is 9.97. The molecule has 0 aliphatic heterocycles. The number of rotatable bonds is 11. The van der Waals surface area contributed by atoms with Crippen LogP contribution in [0.3, 0.4) is 0 Å². The number of carbonyl (C=O) groups is 3. The molecule has 0 amide bonds. The lowest BCUT2D eigenvalue weighted by Gasteiger charge is -2.20. The molecule has 6 nitrogen and oxygen atoms in total. The fourth-order valence-corrected chi connectivity index (χ4v) is 1.93. The molecule has 0 spiro atoms. The normalized spacial score (nSPS) is 13.3. The smallest absolute Gasteiger partial charge is 0.364 e. The Balaban J connectivity index is 4.50. The maximum Gasteiger partial charge on any atom is 0.364 e. The monoisotopic (exact) mass is 320 g/mol. The van der Waals surface area contributed by atoms with Crippen LogP contribution in [0.1, 0.15) is 46.0 Å². The summed E-state index contributed by atoms with van der Waals surface area (Å²) in [5.74, 6) is -1.63. The van der Waals surface area contributed by atoms with Crippen molar-refractivity contribution < 1.29 is 29.0 Å². The molecule has 0 heterocycles. The molecule has 0 rings (SSSR count). The van der Waals surface area contributed by atoms with Crippen molar-refractivity contribution in [3.8, 4) is 0 Å². The number of unbranched alkanes of at least 4 members (excludes halogenated alkanes) is 2. The Hall–Kier alpha value is -1.08. The number of aliphatic hydroxyl groups excluding tert-OH is 1. The molecule has 21 heavy (non-hydrogen) atoms. The molecule has 2 unspecified atom stereocenters. The molecular formula is C14H24O6S. The van der Waals surface area contributed by atoms with Gasteiger partial charge in [0, 0.05) is 6.42 Å². The fourth-order valence-electron chi connectivity index (χ4n) is 1.80. The zero-order valence-corrected chi connectivity index (χ0v) is 13.4. The molecule has 0 saturated carbocycles. The average Bonchev–Trinajstić information content (AvgIpc) is 2.46. The maximum atomic E-state index is 11.9. The second kappa shape index (κ2) is 11.6. The van der Waals surface area contributed by atoms with Gasteiger partial charge in [-0.25, -0.2) is 4.79 Å². The molecular weight excluding hydrogens is 296 g/mol. The third-order valence-electron chi connectivity index (χ3n) is 3.07. The summed E-state index contributed by atoms with van der Waals surface area (Å²) in [6.45, 7) is 3.41. The zero-order valence-electron chi connectivity index (χ0n) is 12.5. The molecule has 0 aromatic rings. The van der Waals surface area contributed by atoms with Gasteiger partial charge >= 0.3 is 11.3 Å². The summed E-state index contributed by atoms with van der Waals surface area (Å²) in [6, 6.07) is 0. The molecule has 0 radical (unpaired) electrons. The van der Waals surface area contributed by atoms with Crippen molar-refractivity contribution >= 4 is 29.7 Å². The Morgan fingerprint density at radius 3 is 2.33 bits per heavy atom. The van der Waals surface area contributed by atoms with Crippen LogP contribution in [0.2, 0.25) is 0 Å². The minimum Gasteiger partial charge on any atom is -0.465 e. The average molecular weight is 320 g/mol. The summed E-state index contributed by atoms with van der Waals surface area (Å²) in [4.78, 5) is 34.3. The van der Waals surface area contributed by atoms with E-state index in [9.17, 15) is 14.4 Å². The molecule has 0 aromatic heterocycles. The molecule has 122 valence electrons. The number of Topliss-reactive ketones (excluding diaryl/α,β-unsaturated/α-hetero) is 1. The van der Waals surface area contributed by atoms with Crippen LogP contribution in [0.4, 0.5) is 4.79 Å². The maximum absolute atomic E-state index is 11.9. The first-order valence-electron chi connectivity index (χ1n) is 7.15. The number of ketones is 1. The van der Waals surface area contributed by atoms with Gasteiger partial charge in [0.15, 0.2) is 11.9 Å². The van der Waals surface area contributed by atoms with Gasteiger partial charge < -0.3 is 14.6 Å². The number of hydrogen-bond donors (Lipinski definition) is 2. The molecule has 0 saturated heterocycles. The summed E-state index contributed by atoms with van der Waals surface area (Å²) < 4.78 is 9.88. The highest BCUT2D eigenvalue weighted by Crippen LogP contribution is 2.17. The standard InChI is InChI=1S/C14H24O6S/c1-3-5-6-7-19-13(17)10(4-2)8-12(11(16)9-15)20-14(18)21/h10,12,15H,3-9H2,1-2H3,(H,18,21). The van der Waals surface area contributed by atoms with Gasteiger partial charge in [-0.2, -0.15) is 0 Å². The van der Waals surface area contributed by atoms with Crippen molar-refractivity contribution in [2.75, 3.05) is 13.2 Å². The minimum absolute atomic E-state index is 0.00515. The van der Waals surface area contributed by atoms with E-state index in [4.69, 9.17) is 14.6 Å². The summed E-state index contributed by atoms with van der Waals surface area (Å²) in [5.41, 5.74) is 0. The lowest BCUT2D eigenvalue weighted by Crippen LogP contribution is -2.33. The van der Waals surface area contributed by atoms with E-state index in [1.807, 2.05) is 6.92 Å². The number of aliphatic hydroxyl groups is 1. The first kappa shape index (κ1) is 19.9. The number of thiol groups is 1. The Morgan fingerprint density at radius 2 is 1.86 bits per heavy atom. The van der Waals surface area contributed by atoms with E-state index in [2.05, 4.69) is 12.6 Å². The van der Waals surface area contributed by atoms with Gasteiger partial charge in [-0.05, 0) is 12.8 Å². The number of carbonyl (C=O) groups excluding carboxylic acids is 3. The van der Waals surface area contributed by atoms with Crippen molar-refractivity contribution in [1.82, 2.24) is 0 Å². The van der Waals surface area contributed by atoms with E-state index in [0.29, 0.717) is 13.0 Å². The summed E-state index contributed by atoms with van der Waals surface area (Å²) in [7, 11) is 0. The van der Waals surface area contributed by atoms with Crippen LogP contribution in [0.5, 0.6) is 0 Å². The van der Waals surface area contributed by atoms with E-state index in [1.165, 1.54) is 0 Å². The zero-order chi connectivity index (χ0) is 16.3. The summed E-state index contributed by atoms with van der Waals surface area (Å²) >= 11 is 3.44. The Bertz CT molecular complexity index is 344. The van der Waals surface area contributed by atoms with E-state index in [-0.39, 0.29) is 6.42 Å². The molecule has 1 N–H and O–H groups in total. The van der Waals surface area contributed by atoms with Crippen molar-refractivity contribution in [3.63, 3.8) is 0 Å². The van der Waals surface area contributed by atoms with Crippen LogP contribution in [-0.4, -0.2) is 41.5 Å². The van der Waals surface area contributed by atoms with Crippen LogP contribution in [0.15, 0.2) is 0 Å². The van der Waals surface area contributed by atoms with Gasteiger partial charge in [-0.3, -0.25) is 9.59 Å². The summed E-state index contributed by atoms with van der Waals surface area (Å²) in [5, 5.41) is 7.94. The minimum atomic E-state index is -1.17. The van der Waals surface area contributed by atoms with Crippen LogP contribution < -0.4 is 0 Å². The van der Waals surface area contributed by atoms with Gasteiger partial charge in [0.05, 0.1) is 12.5 Å². The molecule has 7 heteroatoms. The second-order valence-electron chi connectivity index (χ2n) is 4.71. The van der Waals surface area contributed by atoms with E-state index in [0.717, 1.165) is 19.3 Å². The quantitative estimate of drug-likeness (QED) is 0.344. The molecule has 0 fully saturated rings. The van der Waals surface area contributed by atoms with E-state index in [1.54, 1.807) is 6.92 Å². The number of esters is 1. The lowest BCUT2D eigenvalue weighted by molar-refractivity contribution is -0.150. The van der Waals surface area contributed by atoms with Crippen LogP contribution >= 0.6 is 12.6 Å². The third-order valence-corrected chi connectivity index (χ3v) is 3.18. The highest BCUT2D eigenvalue weighted by molar-refractivity contribution is 7.96. The summed E-state index contributed by atoms with van der Waals surface area (Å²) in [6.07, 6.45) is 2.07. The topological polar surface area (TPSA) is 89.9 Å². The highest BCUT2D eigenvalue weighted by atomic mass is 32.1. The van der Waals surface area contributed by atoms with Crippen molar-refractivity contribution in [2.45, 2.75) is 52.1 Å². The molecule has 0 bridgehead atoms. The van der Waals surface area contributed by atoms with Gasteiger partial charge in [0.2, 0.25) is 0 Å². The van der Waals surface area contributed by atoms with Crippen molar-refractivity contribution in [2.24, 2.45) is 5.92 Å². The predicted octanol–water partition coefficient (Wildman–Crippen LogP) is 2.13. The molecule has 2 atom stereocenters. The highest BCUT2D eigenvalue weighted by Gasteiger charge is 2.29. The molecule has 0 aliphatic rings. The van der Waals surface area contributed by atoms with Crippen molar-refractivity contribution in [1.29, 1.82) is 0 Å². The first-order valence-corrected chi connectivity index (χ1v) is 7.60. The van der Waals surface area contributed by atoms with Crippen LogP contribution in [-0.2, 0) is 19.1 Å². The van der Waals surface area contributed by atoms with Gasteiger partial charge in [-0.1, -0.05) is 39.3 Å². The van der Waals surface area contributed by atoms with Gasteiger partial charge in [-0.15, -0.1) is 0 Å². The first-order chi connectivity index (χ1) is 9.96. The SMILES string of the molecule is CCCCCOC(=O)C(CC)CC(OC(=O)S)C(=O)CO. The Morgan fingerprint density at radius 1 is 1.19 bits per heavy atom. The van der Waals surface area contributed by atoms with E-state index >= 15 is 0 Å². The van der Waals surface area contributed by atoms with Gasteiger partial charge in [0.25, 0.3) is 0 Å². The molecule has 0 aromatic carbocycles. The number of ether oxygens (including phenoxy) is 2. The van der Waals surface area contributed by atoms with Gasteiger partial charge in [0.1, 0.15) is 6.61 Å². The predicted molar refractivity (Wildman–Crippen MR) is 80.2 cm³/mol. The second-order valence-corrected chi connectivity index (χ2v) is 5.08. The molecule has 0 aliphatic carbocycles. The number of hydrogen-bond acceptors (Lipinski definition) is 6. The van der Waals surface area contributed by atoms with Crippen LogP contribution in [0.25, 0.3) is 0 Å². The largest absolute Gasteiger partial charge is 0.465 e.